The van der Waals surface area contributed by atoms with Crippen molar-refractivity contribution in [3.05, 3.63) is 0 Å². The second-order valence-electron chi connectivity index (χ2n) is 5.03. The Kier molecular flexibility index (Phi) is 4.54. The summed E-state index contributed by atoms with van der Waals surface area (Å²) in [5.41, 5.74) is 5.33. The van der Waals surface area contributed by atoms with Crippen LogP contribution < -0.4 is 11.1 Å². The smallest absolute Gasteiger partial charge is 0.221 e. The molecule has 1 amide bonds. The van der Waals surface area contributed by atoms with E-state index in [0.717, 1.165) is 32.6 Å². The predicted molar refractivity (Wildman–Crippen MR) is 59.4 cm³/mol. The Morgan fingerprint density at radius 2 is 2.33 bits per heavy atom. The van der Waals surface area contributed by atoms with Gasteiger partial charge in [0.2, 0.25) is 5.91 Å². The molecule has 1 fully saturated rings. The molecular formula is C11H22N2O2. The molecule has 1 saturated heterocycles. The first kappa shape index (κ1) is 12.5. The van der Waals surface area contributed by atoms with E-state index in [9.17, 15) is 4.79 Å². The van der Waals surface area contributed by atoms with Crippen LogP contribution in [0.2, 0.25) is 0 Å². The predicted octanol–water partition coefficient (Wildman–Crippen LogP) is 0.657. The molecule has 88 valence electrons. The number of nitrogens with one attached hydrogen (secondary N) is 1. The Bertz CT molecular complexity index is 205. The first-order valence-electron chi connectivity index (χ1n) is 5.61. The van der Waals surface area contributed by atoms with Crippen LogP contribution in [0.1, 0.15) is 33.1 Å². The topological polar surface area (TPSA) is 64.4 Å². The summed E-state index contributed by atoms with van der Waals surface area (Å²) in [4.78, 5) is 11.4. The van der Waals surface area contributed by atoms with Crippen LogP contribution in [0.25, 0.3) is 0 Å². The van der Waals surface area contributed by atoms with Crippen LogP contribution in [0, 0.1) is 5.92 Å². The fourth-order valence-electron chi connectivity index (χ4n) is 1.70. The minimum atomic E-state index is -0.416. The van der Waals surface area contributed by atoms with Crippen LogP contribution in [0.15, 0.2) is 0 Å². The van der Waals surface area contributed by atoms with Crippen LogP contribution in [-0.2, 0) is 9.53 Å². The maximum Gasteiger partial charge on any atom is 0.221 e. The lowest BCUT2D eigenvalue weighted by Crippen LogP contribution is -2.39. The van der Waals surface area contributed by atoms with Crippen molar-refractivity contribution in [2.45, 2.75) is 38.6 Å². The van der Waals surface area contributed by atoms with Crippen molar-refractivity contribution >= 4 is 5.91 Å². The summed E-state index contributed by atoms with van der Waals surface area (Å²) >= 11 is 0. The summed E-state index contributed by atoms with van der Waals surface area (Å²) in [7, 11) is 0. The lowest BCUT2D eigenvalue weighted by Gasteiger charge is -2.17. The largest absolute Gasteiger partial charge is 0.381 e. The molecule has 1 atom stereocenters. The first-order valence-corrected chi connectivity index (χ1v) is 5.61. The van der Waals surface area contributed by atoms with Gasteiger partial charge in [0.05, 0.1) is 0 Å². The molecule has 0 aliphatic carbocycles. The van der Waals surface area contributed by atoms with Crippen LogP contribution >= 0.6 is 0 Å². The Morgan fingerprint density at radius 3 is 2.87 bits per heavy atom. The average molecular weight is 214 g/mol. The number of carbonyl (C=O) groups is 1. The number of nitrogens with two attached hydrogens (primary N) is 1. The zero-order valence-electron chi connectivity index (χ0n) is 9.71. The van der Waals surface area contributed by atoms with Crippen molar-refractivity contribution in [1.29, 1.82) is 0 Å². The minimum Gasteiger partial charge on any atom is -0.381 e. The summed E-state index contributed by atoms with van der Waals surface area (Å²) < 4.78 is 5.26. The lowest BCUT2D eigenvalue weighted by atomic mass is 10.0. The molecule has 1 aliphatic heterocycles. The third kappa shape index (κ3) is 5.74. The van der Waals surface area contributed by atoms with Gasteiger partial charge >= 0.3 is 0 Å². The summed E-state index contributed by atoms with van der Waals surface area (Å²) in [6.45, 7) is 6.17. The van der Waals surface area contributed by atoms with E-state index in [1.807, 2.05) is 13.8 Å². The molecule has 0 radical (unpaired) electrons. The molecule has 4 heteroatoms. The van der Waals surface area contributed by atoms with Crippen LogP contribution in [0.5, 0.6) is 0 Å². The van der Waals surface area contributed by atoms with Crippen LogP contribution in [0.4, 0.5) is 0 Å². The van der Waals surface area contributed by atoms with Crippen molar-refractivity contribution < 1.29 is 9.53 Å². The zero-order valence-corrected chi connectivity index (χ0v) is 9.71. The molecule has 0 bridgehead atoms. The van der Waals surface area contributed by atoms with E-state index < -0.39 is 5.54 Å². The van der Waals surface area contributed by atoms with E-state index in [-0.39, 0.29) is 5.91 Å². The van der Waals surface area contributed by atoms with Crippen molar-refractivity contribution in [2.75, 3.05) is 19.8 Å². The Balaban J connectivity index is 2.06. The van der Waals surface area contributed by atoms with Gasteiger partial charge in [0.15, 0.2) is 0 Å². The van der Waals surface area contributed by atoms with Crippen molar-refractivity contribution in [3.8, 4) is 0 Å². The molecule has 1 unspecified atom stereocenters. The molecular weight excluding hydrogens is 192 g/mol. The normalized spacial score (nSPS) is 21.7. The summed E-state index contributed by atoms with van der Waals surface area (Å²) in [5.74, 6) is 0.664. The monoisotopic (exact) mass is 214 g/mol. The highest BCUT2D eigenvalue weighted by Gasteiger charge is 2.18. The molecule has 0 saturated carbocycles. The minimum absolute atomic E-state index is 0.0430. The number of hydrogen-bond donors (Lipinski definition) is 2. The van der Waals surface area contributed by atoms with E-state index in [2.05, 4.69) is 5.32 Å². The zero-order chi connectivity index (χ0) is 11.3. The quantitative estimate of drug-likeness (QED) is 0.706. The van der Waals surface area contributed by atoms with Crippen LogP contribution in [-0.4, -0.2) is 31.2 Å². The highest BCUT2D eigenvalue weighted by molar-refractivity contribution is 5.76. The average Bonchev–Trinajstić information content (AvgIpc) is 2.53. The molecule has 1 aliphatic rings. The van der Waals surface area contributed by atoms with Gasteiger partial charge in [0, 0.05) is 31.7 Å². The van der Waals surface area contributed by atoms with Crippen LogP contribution in [0.3, 0.4) is 0 Å². The molecule has 3 N–H and O–H groups in total. The van der Waals surface area contributed by atoms with Gasteiger partial charge < -0.3 is 15.8 Å². The molecule has 1 heterocycles. The first-order chi connectivity index (χ1) is 6.97. The molecule has 0 aromatic rings. The Labute approximate surface area is 91.5 Å². The second-order valence-corrected chi connectivity index (χ2v) is 5.03. The van der Waals surface area contributed by atoms with Gasteiger partial charge in [-0.25, -0.2) is 0 Å². The highest BCUT2D eigenvalue weighted by atomic mass is 16.5. The van der Waals surface area contributed by atoms with E-state index >= 15 is 0 Å². The number of rotatable bonds is 5. The molecule has 4 nitrogen and oxygen atoms in total. The number of carbonyl (C=O) groups excluding carboxylic acids is 1. The van der Waals surface area contributed by atoms with Gasteiger partial charge in [-0.2, -0.15) is 0 Å². The molecule has 0 spiro atoms. The maximum absolute atomic E-state index is 11.4. The van der Waals surface area contributed by atoms with E-state index in [0.29, 0.717) is 12.3 Å². The van der Waals surface area contributed by atoms with Gasteiger partial charge in [-0.05, 0) is 32.6 Å². The summed E-state index contributed by atoms with van der Waals surface area (Å²) in [6.07, 6.45) is 2.52. The van der Waals surface area contributed by atoms with Gasteiger partial charge in [0.1, 0.15) is 0 Å². The second kappa shape index (κ2) is 5.47. The maximum atomic E-state index is 11.4. The number of hydrogen-bond acceptors (Lipinski definition) is 3. The highest BCUT2D eigenvalue weighted by Crippen LogP contribution is 2.15. The molecule has 0 aromatic heterocycles. The van der Waals surface area contributed by atoms with E-state index in [4.69, 9.17) is 10.5 Å². The van der Waals surface area contributed by atoms with Gasteiger partial charge in [0.25, 0.3) is 0 Å². The number of amides is 1. The third-order valence-corrected chi connectivity index (χ3v) is 2.51. The lowest BCUT2D eigenvalue weighted by molar-refractivity contribution is -0.122. The van der Waals surface area contributed by atoms with E-state index in [1.165, 1.54) is 0 Å². The summed E-state index contributed by atoms with van der Waals surface area (Å²) in [6, 6.07) is 0. The van der Waals surface area contributed by atoms with Crippen molar-refractivity contribution in [3.63, 3.8) is 0 Å². The molecule has 15 heavy (non-hydrogen) atoms. The Hall–Kier alpha value is -0.610. The van der Waals surface area contributed by atoms with Gasteiger partial charge in [-0.3, -0.25) is 4.79 Å². The number of ether oxygens (including phenoxy) is 1. The van der Waals surface area contributed by atoms with Gasteiger partial charge in [-0.15, -0.1) is 0 Å². The third-order valence-electron chi connectivity index (χ3n) is 2.51. The SMILES string of the molecule is CC(C)(N)CC(=O)NCCC1CCOC1. The van der Waals surface area contributed by atoms with Gasteiger partial charge in [-0.1, -0.05) is 0 Å². The molecule has 0 aromatic carbocycles. The van der Waals surface area contributed by atoms with E-state index in [1.54, 1.807) is 0 Å². The molecule has 1 rings (SSSR count). The summed E-state index contributed by atoms with van der Waals surface area (Å²) in [5, 5.41) is 2.89. The fourth-order valence-corrected chi connectivity index (χ4v) is 1.70. The van der Waals surface area contributed by atoms with Crippen molar-refractivity contribution in [1.82, 2.24) is 5.32 Å². The fraction of sp³-hybridized carbons (Fsp3) is 0.909. The Morgan fingerprint density at radius 1 is 1.60 bits per heavy atom. The standard InChI is InChI=1S/C11H22N2O2/c1-11(2,12)7-10(14)13-5-3-9-4-6-15-8-9/h9H,3-8,12H2,1-2H3,(H,13,14). The van der Waals surface area contributed by atoms with Crippen molar-refractivity contribution in [2.24, 2.45) is 11.7 Å².